The molecule has 0 bridgehead atoms. The Kier molecular flexibility index (Phi) is 5.58. The maximum Gasteiger partial charge on any atom is 0.235 e. The molecule has 2 aliphatic rings. The van der Waals surface area contributed by atoms with Crippen LogP contribution in [0.4, 0.5) is 0 Å². The van der Waals surface area contributed by atoms with Gasteiger partial charge in [-0.3, -0.25) is 4.57 Å². The fourth-order valence-electron chi connectivity index (χ4n) is 9.01. The van der Waals surface area contributed by atoms with Crippen LogP contribution in [0, 0.1) is 0 Å². The Morgan fingerprint density at radius 1 is 0.558 bits per heavy atom. The van der Waals surface area contributed by atoms with E-state index in [0.717, 1.165) is 51.0 Å². The summed E-state index contributed by atoms with van der Waals surface area (Å²) >= 11 is 0. The lowest BCUT2D eigenvalue weighted by Gasteiger charge is -2.17. The van der Waals surface area contributed by atoms with Crippen molar-refractivity contribution in [3.8, 4) is 39.5 Å². The first-order valence-corrected chi connectivity index (χ1v) is 17.9. The van der Waals surface area contributed by atoms with Gasteiger partial charge in [-0.15, -0.1) is 0 Å². The number of nitrogens with zero attached hydrogens (tertiary/aromatic N) is 3. The van der Waals surface area contributed by atoms with Crippen molar-refractivity contribution in [2.45, 2.75) is 12.3 Å². The zero-order valence-electron chi connectivity index (χ0n) is 28.0. The van der Waals surface area contributed by atoms with Gasteiger partial charge >= 0.3 is 0 Å². The molecule has 0 saturated carbocycles. The zero-order chi connectivity index (χ0) is 33.9. The van der Waals surface area contributed by atoms with Crippen LogP contribution in [0.3, 0.4) is 0 Å². The van der Waals surface area contributed by atoms with Crippen LogP contribution in [0.1, 0.15) is 22.8 Å². The van der Waals surface area contributed by atoms with Gasteiger partial charge in [0.15, 0.2) is 0 Å². The predicted molar refractivity (Wildman–Crippen MR) is 213 cm³/mol. The van der Waals surface area contributed by atoms with Crippen LogP contribution in [0.15, 0.2) is 156 Å². The molecule has 1 atom stereocenters. The summed E-state index contributed by atoms with van der Waals surface area (Å²) in [7, 11) is 0. The lowest BCUT2D eigenvalue weighted by Crippen LogP contribution is -2.05. The van der Waals surface area contributed by atoms with Crippen molar-refractivity contribution < 1.29 is 4.42 Å². The molecule has 0 spiro atoms. The normalized spacial score (nSPS) is 14.6. The summed E-state index contributed by atoms with van der Waals surface area (Å²) in [6.07, 6.45) is 5.37. The molecule has 4 nitrogen and oxygen atoms in total. The molecule has 12 rings (SSSR count). The highest BCUT2D eigenvalue weighted by atomic mass is 16.3. The van der Waals surface area contributed by atoms with Gasteiger partial charge in [0, 0.05) is 38.6 Å². The van der Waals surface area contributed by atoms with Gasteiger partial charge < -0.3 is 4.42 Å². The number of aromatic nitrogens is 3. The lowest BCUT2D eigenvalue weighted by molar-refractivity contribution is 0.592. The van der Waals surface area contributed by atoms with Gasteiger partial charge in [0.25, 0.3) is 0 Å². The van der Waals surface area contributed by atoms with Crippen LogP contribution >= 0.6 is 0 Å². The van der Waals surface area contributed by atoms with Crippen molar-refractivity contribution in [1.82, 2.24) is 14.5 Å². The van der Waals surface area contributed by atoms with Crippen LogP contribution in [0.5, 0.6) is 0 Å². The number of fused-ring (bicyclic) bond motifs is 11. The van der Waals surface area contributed by atoms with Crippen LogP contribution in [-0.4, -0.2) is 14.5 Å². The monoisotopic (exact) mass is 663 g/mol. The molecule has 10 aromatic rings. The molecule has 0 amide bonds. The van der Waals surface area contributed by atoms with Gasteiger partial charge in [0.1, 0.15) is 11.3 Å². The minimum Gasteiger partial charge on any atom is -0.456 e. The van der Waals surface area contributed by atoms with Gasteiger partial charge in [-0.1, -0.05) is 121 Å². The fraction of sp³-hybridized carbons (Fsp3) is 0.0417. The second-order valence-electron chi connectivity index (χ2n) is 14.1. The van der Waals surface area contributed by atoms with Gasteiger partial charge in [-0.2, -0.15) is 0 Å². The number of benzene rings is 7. The Hall–Kier alpha value is -6.78. The van der Waals surface area contributed by atoms with Crippen molar-refractivity contribution in [2.24, 2.45) is 0 Å². The second kappa shape index (κ2) is 10.4. The zero-order valence-corrected chi connectivity index (χ0v) is 28.0. The molecule has 0 radical (unpaired) electrons. The molecular weight excluding hydrogens is 635 g/mol. The third-order valence-electron chi connectivity index (χ3n) is 11.3. The van der Waals surface area contributed by atoms with Crippen LogP contribution < -0.4 is 0 Å². The Bertz CT molecular complexity index is 3160. The molecule has 0 saturated heterocycles. The maximum absolute atomic E-state index is 6.23. The van der Waals surface area contributed by atoms with E-state index in [9.17, 15) is 0 Å². The second-order valence-corrected chi connectivity index (χ2v) is 14.1. The fourth-order valence-corrected chi connectivity index (χ4v) is 9.01. The summed E-state index contributed by atoms with van der Waals surface area (Å²) in [6.45, 7) is 0. The summed E-state index contributed by atoms with van der Waals surface area (Å²) < 4.78 is 8.53. The van der Waals surface area contributed by atoms with Crippen molar-refractivity contribution in [3.05, 3.63) is 169 Å². The first kappa shape index (κ1) is 28.0. The minimum atomic E-state index is 0.221. The summed E-state index contributed by atoms with van der Waals surface area (Å²) in [4.78, 5) is 10.7. The maximum atomic E-state index is 6.23. The Morgan fingerprint density at radius 3 is 2.21 bits per heavy atom. The SMILES string of the molecule is C1=CC(c2ccc3c(c2)c2c4cccc5c4c(cc2n3-c2nc(-c3ccccc3)c3ccccc3n2)-c2ccccc2-5)Cc2c1oc1ccccc21. The number of allylic oxidation sites excluding steroid dienone is 1. The third kappa shape index (κ3) is 3.81. The number of furan rings is 1. The molecule has 7 aromatic carbocycles. The Balaban J connectivity index is 1.16. The van der Waals surface area contributed by atoms with E-state index >= 15 is 0 Å². The lowest BCUT2D eigenvalue weighted by atomic mass is 9.86. The predicted octanol–water partition coefficient (Wildman–Crippen LogP) is 12.3. The Morgan fingerprint density at radius 2 is 1.31 bits per heavy atom. The molecule has 1 unspecified atom stereocenters. The van der Waals surface area contributed by atoms with Crippen LogP contribution in [-0.2, 0) is 6.42 Å². The topological polar surface area (TPSA) is 43.9 Å². The first-order valence-electron chi connectivity index (χ1n) is 17.9. The van der Waals surface area contributed by atoms with Crippen molar-refractivity contribution in [2.75, 3.05) is 0 Å². The highest BCUT2D eigenvalue weighted by Gasteiger charge is 2.28. The van der Waals surface area contributed by atoms with E-state index in [0.29, 0.717) is 5.95 Å². The molecule has 0 N–H and O–H groups in total. The smallest absolute Gasteiger partial charge is 0.235 e. The highest BCUT2D eigenvalue weighted by molar-refractivity contribution is 6.29. The summed E-state index contributed by atoms with van der Waals surface area (Å²) in [5.74, 6) is 1.87. The molecule has 3 heterocycles. The number of para-hydroxylation sites is 2. The van der Waals surface area contributed by atoms with E-state index in [1.54, 1.807) is 0 Å². The molecule has 3 aromatic heterocycles. The van der Waals surface area contributed by atoms with E-state index in [-0.39, 0.29) is 5.92 Å². The van der Waals surface area contributed by atoms with E-state index in [1.165, 1.54) is 60.3 Å². The van der Waals surface area contributed by atoms with Crippen molar-refractivity contribution in [1.29, 1.82) is 0 Å². The number of rotatable bonds is 3. The molecule has 2 aliphatic carbocycles. The number of hydrogen-bond donors (Lipinski definition) is 0. The Labute approximate surface area is 298 Å². The van der Waals surface area contributed by atoms with E-state index < -0.39 is 0 Å². The molecule has 52 heavy (non-hydrogen) atoms. The molecule has 0 fully saturated rings. The van der Waals surface area contributed by atoms with E-state index in [4.69, 9.17) is 14.4 Å². The average Bonchev–Trinajstić information content (AvgIpc) is 3.86. The third-order valence-corrected chi connectivity index (χ3v) is 11.3. The van der Waals surface area contributed by atoms with Crippen LogP contribution in [0.25, 0.3) is 100.0 Å². The molecule has 4 heteroatoms. The first-order chi connectivity index (χ1) is 25.8. The minimum absolute atomic E-state index is 0.221. The highest BCUT2D eigenvalue weighted by Crippen LogP contribution is 2.51. The van der Waals surface area contributed by atoms with Gasteiger partial charge in [0.2, 0.25) is 5.95 Å². The summed E-state index contributed by atoms with van der Waals surface area (Å²) in [5.41, 5.74) is 13.8. The summed E-state index contributed by atoms with van der Waals surface area (Å²) in [5, 5.41) is 7.26. The molecular formula is C48H29N3O. The van der Waals surface area contributed by atoms with Gasteiger partial charge in [-0.25, -0.2) is 9.97 Å². The number of hydrogen-bond acceptors (Lipinski definition) is 3. The van der Waals surface area contributed by atoms with Crippen molar-refractivity contribution in [3.63, 3.8) is 0 Å². The summed E-state index contributed by atoms with van der Waals surface area (Å²) in [6, 6.07) is 52.2. The average molecular weight is 664 g/mol. The molecule has 0 aliphatic heterocycles. The largest absolute Gasteiger partial charge is 0.456 e. The standard InChI is InChI=1S/C48H29N3O/c1-2-11-28(12-3-1)47-35-16-6-8-19-40(35)49-48(50-47)51-41-23-21-29(30-22-24-44-37(25-30)33-15-7-9-20-43(33)52-44)26-39(41)46-36-18-10-17-34-31-13-4-5-14-32(31)38(45(34)36)27-42(46)51/h1-24,26-27,30H,25H2. The van der Waals surface area contributed by atoms with Crippen LogP contribution in [0.2, 0.25) is 0 Å². The van der Waals surface area contributed by atoms with Crippen molar-refractivity contribution >= 4 is 60.5 Å². The molecule has 242 valence electrons. The van der Waals surface area contributed by atoms with Gasteiger partial charge in [-0.05, 0) is 81.4 Å². The van der Waals surface area contributed by atoms with Gasteiger partial charge in [0.05, 0.1) is 22.2 Å². The van der Waals surface area contributed by atoms with E-state index in [2.05, 4.69) is 156 Å². The quantitative estimate of drug-likeness (QED) is 0.189. The van der Waals surface area contributed by atoms with E-state index in [1.807, 2.05) is 6.07 Å².